The van der Waals surface area contributed by atoms with Crippen molar-refractivity contribution in [1.29, 1.82) is 0 Å². The molecule has 3 N–H and O–H groups in total. The molecule has 3 aliphatic rings. The predicted molar refractivity (Wildman–Crippen MR) is 78.1 cm³/mol. The Morgan fingerprint density at radius 2 is 1.95 bits per heavy atom. The first-order chi connectivity index (χ1) is 9.28. The Labute approximate surface area is 114 Å². The van der Waals surface area contributed by atoms with Gasteiger partial charge in [0.1, 0.15) is 0 Å². The average Bonchev–Trinajstić information content (AvgIpc) is 2.83. The van der Waals surface area contributed by atoms with E-state index in [1.807, 2.05) is 0 Å². The van der Waals surface area contributed by atoms with Crippen LogP contribution >= 0.6 is 0 Å². The summed E-state index contributed by atoms with van der Waals surface area (Å²) >= 11 is 0. The van der Waals surface area contributed by atoms with Crippen LogP contribution in [0.5, 0.6) is 0 Å². The van der Waals surface area contributed by atoms with Gasteiger partial charge in [-0.1, -0.05) is 18.2 Å². The molecular formula is C16H21N3. The standard InChI is InChI=1S/C16H21N3/c17-11-5-8-16(9-6-11)15-13(7-10-18-16)12-3-1-2-4-14(12)19-15/h1-4,11,13,18H,5-10,17H2. The molecule has 1 saturated carbocycles. The summed E-state index contributed by atoms with van der Waals surface area (Å²) in [7, 11) is 0. The lowest BCUT2D eigenvalue weighted by Gasteiger charge is -2.45. The van der Waals surface area contributed by atoms with Crippen LogP contribution in [0.25, 0.3) is 0 Å². The molecule has 2 aliphatic heterocycles. The fourth-order valence-electron chi connectivity index (χ4n) is 4.08. The van der Waals surface area contributed by atoms with E-state index >= 15 is 0 Å². The minimum absolute atomic E-state index is 0.137. The maximum Gasteiger partial charge on any atom is 0.0668 e. The number of aliphatic imine (C=N–C) groups is 1. The Morgan fingerprint density at radius 1 is 1.16 bits per heavy atom. The second-order valence-electron chi connectivity index (χ2n) is 6.24. The van der Waals surface area contributed by atoms with Crippen LogP contribution in [-0.2, 0) is 0 Å². The van der Waals surface area contributed by atoms with Crippen LogP contribution in [0, 0.1) is 0 Å². The summed E-state index contributed by atoms with van der Waals surface area (Å²) in [5, 5.41) is 3.77. The maximum absolute atomic E-state index is 6.08. The zero-order valence-corrected chi connectivity index (χ0v) is 11.2. The minimum atomic E-state index is 0.137. The average molecular weight is 255 g/mol. The van der Waals surface area contributed by atoms with Crippen molar-refractivity contribution in [1.82, 2.24) is 5.32 Å². The lowest BCUT2D eigenvalue weighted by atomic mass is 9.69. The van der Waals surface area contributed by atoms with Gasteiger partial charge in [-0.15, -0.1) is 0 Å². The van der Waals surface area contributed by atoms with Crippen LogP contribution in [0.2, 0.25) is 0 Å². The fourth-order valence-corrected chi connectivity index (χ4v) is 4.08. The number of benzene rings is 1. The lowest BCUT2D eigenvalue weighted by Crippen LogP contribution is -2.59. The third kappa shape index (κ3) is 1.68. The molecule has 2 heterocycles. The zero-order valence-electron chi connectivity index (χ0n) is 11.2. The first kappa shape index (κ1) is 11.6. The molecule has 1 aromatic rings. The van der Waals surface area contributed by atoms with E-state index < -0.39 is 0 Å². The number of piperidine rings is 1. The molecule has 3 heteroatoms. The number of nitrogens with two attached hydrogens (primary N) is 1. The van der Waals surface area contributed by atoms with Gasteiger partial charge in [0.25, 0.3) is 0 Å². The third-order valence-electron chi connectivity index (χ3n) is 5.15. The number of para-hydroxylation sites is 1. The first-order valence-corrected chi connectivity index (χ1v) is 7.47. The van der Waals surface area contributed by atoms with Crippen LogP contribution in [-0.4, -0.2) is 23.8 Å². The van der Waals surface area contributed by atoms with Crippen molar-refractivity contribution in [3.8, 4) is 0 Å². The van der Waals surface area contributed by atoms with Crippen molar-refractivity contribution >= 4 is 11.4 Å². The molecule has 1 aliphatic carbocycles. The van der Waals surface area contributed by atoms with E-state index in [1.165, 1.54) is 23.4 Å². The van der Waals surface area contributed by atoms with Crippen LogP contribution in [0.15, 0.2) is 29.3 Å². The summed E-state index contributed by atoms with van der Waals surface area (Å²) in [4.78, 5) is 4.99. The van der Waals surface area contributed by atoms with Crippen molar-refractivity contribution in [2.45, 2.75) is 49.6 Å². The molecule has 1 atom stereocenters. The number of hydrogen-bond donors (Lipinski definition) is 2. The van der Waals surface area contributed by atoms with Gasteiger partial charge in [-0.3, -0.25) is 4.99 Å². The normalized spacial score (nSPS) is 36.8. The molecular weight excluding hydrogens is 234 g/mol. The van der Waals surface area contributed by atoms with E-state index in [2.05, 4.69) is 29.6 Å². The van der Waals surface area contributed by atoms with Crippen molar-refractivity contribution < 1.29 is 0 Å². The SMILES string of the molecule is NC1CCC2(CC1)NCCC1C2=Nc2ccccc21. The fraction of sp³-hybridized carbons (Fsp3) is 0.562. The van der Waals surface area contributed by atoms with Crippen LogP contribution in [0.3, 0.4) is 0 Å². The van der Waals surface area contributed by atoms with Gasteiger partial charge in [0.2, 0.25) is 0 Å². The van der Waals surface area contributed by atoms with Crippen LogP contribution in [0.4, 0.5) is 5.69 Å². The number of rotatable bonds is 0. The second kappa shape index (κ2) is 4.15. The minimum Gasteiger partial charge on any atom is -0.328 e. The Balaban J connectivity index is 1.73. The van der Waals surface area contributed by atoms with Crippen LogP contribution < -0.4 is 11.1 Å². The van der Waals surface area contributed by atoms with Crippen molar-refractivity contribution in [3.63, 3.8) is 0 Å². The largest absolute Gasteiger partial charge is 0.328 e. The van der Waals surface area contributed by atoms with Crippen LogP contribution in [0.1, 0.15) is 43.6 Å². The van der Waals surface area contributed by atoms with E-state index in [0.717, 1.165) is 32.2 Å². The van der Waals surface area contributed by atoms with Gasteiger partial charge in [0, 0.05) is 17.7 Å². The monoisotopic (exact) mass is 255 g/mol. The summed E-state index contributed by atoms with van der Waals surface area (Å²) in [6.45, 7) is 1.10. The maximum atomic E-state index is 6.08. The van der Waals surface area contributed by atoms with Crippen molar-refractivity contribution in [2.75, 3.05) is 6.54 Å². The van der Waals surface area contributed by atoms with E-state index in [0.29, 0.717) is 12.0 Å². The van der Waals surface area contributed by atoms with Gasteiger partial charge in [0.05, 0.1) is 11.2 Å². The number of hydrogen-bond acceptors (Lipinski definition) is 3. The predicted octanol–water partition coefficient (Wildman–Crippen LogP) is 2.49. The van der Waals surface area contributed by atoms with Gasteiger partial charge >= 0.3 is 0 Å². The smallest absolute Gasteiger partial charge is 0.0668 e. The third-order valence-corrected chi connectivity index (χ3v) is 5.15. The summed E-state index contributed by atoms with van der Waals surface area (Å²) in [5.74, 6) is 0.548. The van der Waals surface area contributed by atoms with Crippen molar-refractivity contribution in [2.24, 2.45) is 10.7 Å². The topological polar surface area (TPSA) is 50.4 Å². The molecule has 19 heavy (non-hydrogen) atoms. The molecule has 3 nitrogen and oxygen atoms in total. The zero-order chi connectivity index (χ0) is 12.9. The van der Waals surface area contributed by atoms with E-state index in [4.69, 9.17) is 10.7 Å². The number of fused-ring (bicyclic) bond motifs is 4. The second-order valence-corrected chi connectivity index (χ2v) is 6.24. The van der Waals surface area contributed by atoms with E-state index in [1.54, 1.807) is 0 Å². The molecule has 1 aromatic carbocycles. The summed E-state index contributed by atoms with van der Waals surface area (Å²) in [6, 6.07) is 9.03. The highest BCUT2D eigenvalue weighted by Gasteiger charge is 2.46. The van der Waals surface area contributed by atoms with Crippen molar-refractivity contribution in [3.05, 3.63) is 29.8 Å². The Hall–Kier alpha value is -1.19. The quantitative estimate of drug-likeness (QED) is 0.748. The summed E-state index contributed by atoms with van der Waals surface area (Å²) in [5.41, 5.74) is 10.2. The molecule has 100 valence electrons. The molecule has 0 amide bonds. The molecule has 1 saturated heterocycles. The molecule has 1 spiro atoms. The van der Waals surface area contributed by atoms with Gasteiger partial charge in [-0.25, -0.2) is 0 Å². The highest BCUT2D eigenvalue weighted by atomic mass is 15.0. The summed E-state index contributed by atoms with van der Waals surface area (Å²) in [6.07, 6.45) is 5.72. The molecule has 4 rings (SSSR count). The Morgan fingerprint density at radius 3 is 2.79 bits per heavy atom. The molecule has 2 fully saturated rings. The molecule has 0 radical (unpaired) electrons. The molecule has 0 aromatic heterocycles. The highest BCUT2D eigenvalue weighted by Crippen LogP contribution is 2.46. The first-order valence-electron chi connectivity index (χ1n) is 7.47. The number of nitrogens with one attached hydrogen (secondary N) is 1. The van der Waals surface area contributed by atoms with Gasteiger partial charge in [-0.05, 0) is 50.3 Å². The van der Waals surface area contributed by atoms with Gasteiger partial charge < -0.3 is 11.1 Å². The molecule has 1 unspecified atom stereocenters. The molecule has 0 bridgehead atoms. The van der Waals surface area contributed by atoms with E-state index in [9.17, 15) is 0 Å². The number of nitrogens with zero attached hydrogens (tertiary/aromatic N) is 1. The summed E-state index contributed by atoms with van der Waals surface area (Å²) < 4.78 is 0. The van der Waals surface area contributed by atoms with E-state index in [-0.39, 0.29) is 5.54 Å². The Kier molecular flexibility index (Phi) is 2.54. The van der Waals surface area contributed by atoms with Gasteiger partial charge in [0.15, 0.2) is 0 Å². The lowest BCUT2D eigenvalue weighted by molar-refractivity contribution is 0.269. The van der Waals surface area contributed by atoms with Gasteiger partial charge in [-0.2, -0.15) is 0 Å². The highest BCUT2D eigenvalue weighted by molar-refractivity contribution is 6.05. The Bertz CT molecular complexity index is 527.